The lowest BCUT2D eigenvalue weighted by Gasteiger charge is -2.11. The summed E-state index contributed by atoms with van der Waals surface area (Å²) >= 11 is 0.327. The molecular formula is C16H15F2N5O3S. The molecule has 0 radical (unpaired) electrons. The van der Waals surface area contributed by atoms with E-state index in [4.69, 9.17) is 0 Å². The van der Waals surface area contributed by atoms with E-state index < -0.39 is 22.9 Å². The number of amides is 1. The van der Waals surface area contributed by atoms with Gasteiger partial charge in [0.25, 0.3) is 11.3 Å². The van der Waals surface area contributed by atoms with Crippen molar-refractivity contribution in [3.63, 3.8) is 0 Å². The molecule has 8 nitrogen and oxygen atoms in total. The molecule has 0 fully saturated rings. The van der Waals surface area contributed by atoms with Crippen molar-refractivity contribution in [3.05, 3.63) is 51.4 Å². The molecule has 142 valence electrons. The maximum atomic E-state index is 12.6. The van der Waals surface area contributed by atoms with E-state index >= 15 is 0 Å². The Kier molecular flexibility index (Phi) is 5.13. The Morgan fingerprint density at radius 3 is 2.63 bits per heavy atom. The second-order valence-electron chi connectivity index (χ2n) is 5.67. The summed E-state index contributed by atoms with van der Waals surface area (Å²) in [7, 11) is 2.80. The molecule has 27 heavy (non-hydrogen) atoms. The third kappa shape index (κ3) is 3.63. The molecule has 2 heterocycles. The predicted molar refractivity (Wildman–Crippen MR) is 97.1 cm³/mol. The van der Waals surface area contributed by atoms with Gasteiger partial charge in [0.15, 0.2) is 11.2 Å². The van der Waals surface area contributed by atoms with Gasteiger partial charge in [0.1, 0.15) is 6.54 Å². The standard InChI is InChI=1S/C16H15F2N5O3S/c1-21-13-12(14(25)22(2)16(21)26)23(8-19-13)7-11(24)20-9-5-3-4-6-10(9)27-15(17)18/h3-6,8,15H,7H2,1-2H3,(H,20,24). The number of benzene rings is 1. The van der Waals surface area contributed by atoms with Gasteiger partial charge in [-0.15, -0.1) is 0 Å². The zero-order chi connectivity index (χ0) is 19.7. The zero-order valence-corrected chi connectivity index (χ0v) is 15.2. The average molecular weight is 395 g/mol. The maximum Gasteiger partial charge on any atom is 0.332 e. The largest absolute Gasteiger partial charge is 0.332 e. The molecule has 1 N–H and O–H groups in total. The number of nitrogens with zero attached hydrogens (tertiary/aromatic N) is 4. The Balaban J connectivity index is 1.90. The van der Waals surface area contributed by atoms with Crippen LogP contribution in [-0.2, 0) is 25.4 Å². The number of carbonyl (C=O) groups excluding carboxylic acids is 1. The average Bonchev–Trinajstić information content (AvgIpc) is 3.03. The first kappa shape index (κ1) is 18.8. The number of imidazole rings is 1. The third-order valence-corrected chi connectivity index (χ3v) is 4.70. The highest BCUT2D eigenvalue weighted by atomic mass is 32.2. The Hall–Kier alpha value is -2.95. The molecule has 0 atom stereocenters. The van der Waals surface area contributed by atoms with Crippen LogP contribution in [0.4, 0.5) is 14.5 Å². The first-order valence-electron chi connectivity index (χ1n) is 7.74. The fourth-order valence-electron chi connectivity index (χ4n) is 2.63. The Morgan fingerprint density at radius 1 is 1.22 bits per heavy atom. The number of fused-ring (bicyclic) bond motifs is 1. The lowest BCUT2D eigenvalue weighted by atomic mass is 10.3. The van der Waals surface area contributed by atoms with E-state index in [1.807, 2.05) is 0 Å². The van der Waals surface area contributed by atoms with E-state index in [0.717, 1.165) is 4.57 Å². The Labute approximate surface area is 155 Å². The lowest BCUT2D eigenvalue weighted by molar-refractivity contribution is -0.116. The van der Waals surface area contributed by atoms with Crippen LogP contribution >= 0.6 is 11.8 Å². The Morgan fingerprint density at radius 2 is 1.93 bits per heavy atom. The number of aromatic nitrogens is 4. The maximum absolute atomic E-state index is 12.6. The molecule has 1 aromatic carbocycles. The van der Waals surface area contributed by atoms with Crippen LogP contribution in [0.5, 0.6) is 0 Å². The second-order valence-corrected chi connectivity index (χ2v) is 6.71. The summed E-state index contributed by atoms with van der Waals surface area (Å²) in [5.41, 5.74) is -0.598. The van der Waals surface area contributed by atoms with Crippen LogP contribution in [-0.4, -0.2) is 30.3 Å². The number of thioether (sulfide) groups is 1. The summed E-state index contributed by atoms with van der Waals surface area (Å²) in [6.45, 7) is -0.266. The molecule has 0 saturated heterocycles. The number of carbonyl (C=O) groups is 1. The van der Waals surface area contributed by atoms with Crippen molar-refractivity contribution in [3.8, 4) is 0 Å². The molecule has 2 aromatic heterocycles. The molecule has 0 aliphatic rings. The Bertz CT molecular complexity index is 1140. The number of hydrogen-bond acceptors (Lipinski definition) is 5. The predicted octanol–water partition coefficient (Wildman–Crippen LogP) is 1.39. The normalized spacial score (nSPS) is 11.3. The minimum absolute atomic E-state index is 0.102. The van der Waals surface area contributed by atoms with Gasteiger partial charge in [0.05, 0.1) is 12.0 Å². The van der Waals surface area contributed by atoms with Gasteiger partial charge in [0, 0.05) is 19.0 Å². The van der Waals surface area contributed by atoms with Crippen LogP contribution in [0.2, 0.25) is 0 Å². The van der Waals surface area contributed by atoms with Crippen LogP contribution in [0.3, 0.4) is 0 Å². The number of hydrogen-bond donors (Lipinski definition) is 1. The van der Waals surface area contributed by atoms with Gasteiger partial charge in [-0.05, 0) is 12.1 Å². The van der Waals surface area contributed by atoms with Gasteiger partial charge < -0.3 is 9.88 Å². The van der Waals surface area contributed by atoms with E-state index in [1.165, 1.54) is 41.7 Å². The van der Waals surface area contributed by atoms with Gasteiger partial charge in [-0.25, -0.2) is 9.78 Å². The number of nitrogens with one attached hydrogen (secondary N) is 1. The molecule has 11 heteroatoms. The highest BCUT2D eigenvalue weighted by Crippen LogP contribution is 2.31. The SMILES string of the molecule is Cn1c(=O)c2c(ncn2CC(=O)Nc2ccccc2SC(F)F)n(C)c1=O. The molecular weight excluding hydrogens is 380 g/mol. The van der Waals surface area contributed by atoms with Gasteiger partial charge in [-0.2, -0.15) is 8.78 Å². The summed E-state index contributed by atoms with van der Waals surface area (Å²) in [6.07, 6.45) is 1.28. The van der Waals surface area contributed by atoms with E-state index in [0.29, 0.717) is 11.8 Å². The highest BCUT2D eigenvalue weighted by Gasteiger charge is 2.17. The van der Waals surface area contributed by atoms with Crippen molar-refractivity contribution in [1.29, 1.82) is 0 Å². The van der Waals surface area contributed by atoms with Crippen molar-refractivity contribution < 1.29 is 13.6 Å². The molecule has 0 bridgehead atoms. The molecule has 0 unspecified atom stereocenters. The number of alkyl halides is 2. The van der Waals surface area contributed by atoms with E-state index in [9.17, 15) is 23.2 Å². The number of aryl methyl sites for hydroxylation is 1. The summed E-state index contributed by atoms with van der Waals surface area (Å²) in [4.78, 5) is 40.9. The summed E-state index contributed by atoms with van der Waals surface area (Å²) < 4.78 is 28.7. The smallest absolute Gasteiger partial charge is 0.324 e. The molecule has 0 aliphatic carbocycles. The van der Waals surface area contributed by atoms with Gasteiger partial charge in [-0.1, -0.05) is 23.9 Å². The number of rotatable bonds is 5. The van der Waals surface area contributed by atoms with Crippen molar-refractivity contribution in [2.24, 2.45) is 14.1 Å². The zero-order valence-electron chi connectivity index (χ0n) is 14.3. The number of anilines is 1. The highest BCUT2D eigenvalue weighted by molar-refractivity contribution is 7.99. The van der Waals surface area contributed by atoms with E-state index in [2.05, 4.69) is 10.3 Å². The quantitative estimate of drug-likeness (QED) is 0.660. The van der Waals surface area contributed by atoms with Crippen molar-refractivity contribution in [2.75, 3.05) is 5.32 Å². The molecule has 1 amide bonds. The fourth-order valence-corrected chi connectivity index (χ4v) is 3.23. The summed E-state index contributed by atoms with van der Waals surface area (Å²) in [5.74, 6) is -3.14. The molecule has 0 saturated carbocycles. The second kappa shape index (κ2) is 7.35. The van der Waals surface area contributed by atoms with Crippen LogP contribution in [0.15, 0.2) is 45.1 Å². The first-order valence-corrected chi connectivity index (χ1v) is 8.62. The van der Waals surface area contributed by atoms with Crippen molar-refractivity contribution in [2.45, 2.75) is 17.2 Å². The fraction of sp³-hybridized carbons (Fsp3) is 0.250. The summed E-state index contributed by atoms with van der Waals surface area (Å²) in [5, 5.41) is 2.56. The van der Waals surface area contributed by atoms with Crippen LogP contribution in [0.25, 0.3) is 11.2 Å². The van der Waals surface area contributed by atoms with Gasteiger partial charge in [0.2, 0.25) is 5.91 Å². The van der Waals surface area contributed by atoms with E-state index in [-0.39, 0.29) is 28.3 Å². The minimum Gasteiger partial charge on any atom is -0.324 e. The number of halogens is 2. The monoisotopic (exact) mass is 395 g/mol. The van der Waals surface area contributed by atoms with Crippen LogP contribution < -0.4 is 16.6 Å². The molecule has 3 rings (SSSR count). The topological polar surface area (TPSA) is 90.9 Å². The third-order valence-electron chi connectivity index (χ3n) is 3.91. The van der Waals surface area contributed by atoms with E-state index in [1.54, 1.807) is 12.1 Å². The van der Waals surface area contributed by atoms with Crippen molar-refractivity contribution in [1.82, 2.24) is 18.7 Å². The first-order chi connectivity index (χ1) is 12.8. The lowest BCUT2D eigenvalue weighted by Crippen LogP contribution is -2.37. The minimum atomic E-state index is -2.62. The molecule has 0 spiro atoms. The molecule has 3 aromatic rings. The van der Waals surface area contributed by atoms with Crippen molar-refractivity contribution >= 4 is 34.5 Å². The molecule has 0 aliphatic heterocycles. The number of para-hydroxylation sites is 1. The summed E-state index contributed by atoms with van der Waals surface area (Å²) in [6, 6.07) is 6.19. The van der Waals surface area contributed by atoms with Crippen LogP contribution in [0, 0.1) is 0 Å². The van der Waals surface area contributed by atoms with Crippen LogP contribution in [0.1, 0.15) is 0 Å². The van der Waals surface area contributed by atoms with Gasteiger partial charge >= 0.3 is 5.69 Å². The van der Waals surface area contributed by atoms with Gasteiger partial charge in [-0.3, -0.25) is 18.7 Å².